The molecule has 0 fully saturated rings. The molecule has 1 atom stereocenters. The Balaban J connectivity index is 3.96. The highest BCUT2D eigenvalue weighted by Gasteiger charge is 2.17. The number of rotatable bonds is 7. The van der Waals surface area contributed by atoms with Crippen LogP contribution in [0.3, 0.4) is 0 Å². The van der Waals surface area contributed by atoms with Gasteiger partial charge < -0.3 is 16.4 Å². The number of carbonyl (C=O) groups excluding carboxylic acids is 2. The van der Waals surface area contributed by atoms with Crippen LogP contribution < -0.4 is 16.4 Å². The summed E-state index contributed by atoms with van der Waals surface area (Å²) in [6, 6.07) is -0.879. The van der Waals surface area contributed by atoms with Crippen LogP contribution in [-0.4, -0.2) is 50.4 Å². The zero-order valence-electron chi connectivity index (χ0n) is 12.5. The number of hydrogen-bond acceptors (Lipinski definition) is 5. The van der Waals surface area contributed by atoms with Crippen molar-refractivity contribution in [2.24, 2.45) is 5.73 Å². The van der Waals surface area contributed by atoms with Crippen LogP contribution in [0.15, 0.2) is 0 Å². The van der Waals surface area contributed by atoms with E-state index in [1.54, 1.807) is 0 Å². The van der Waals surface area contributed by atoms with E-state index in [1.165, 1.54) is 0 Å². The number of nitrogens with two attached hydrogens (primary N) is 1. The normalized spacial score (nSPS) is 13.7. The van der Waals surface area contributed by atoms with Gasteiger partial charge in [0.05, 0.1) is 11.8 Å². The second-order valence-corrected chi connectivity index (χ2v) is 8.12. The lowest BCUT2D eigenvalue weighted by atomic mass is 10.1. The predicted molar refractivity (Wildman–Crippen MR) is 77.8 cm³/mol. The second-order valence-electron chi connectivity index (χ2n) is 5.86. The Labute approximate surface area is 120 Å². The maximum Gasteiger partial charge on any atom is 0.236 e. The molecule has 8 heteroatoms. The summed E-state index contributed by atoms with van der Waals surface area (Å²) in [6.07, 6.45) is 1.31. The van der Waals surface area contributed by atoms with Crippen molar-refractivity contribution in [2.75, 3.05) is 18.6 Å². The molecule has 4 N–H and O–H groups in total. The van der Waals surface area contributed by atoms with E-state index < -0.39 is 21.8 Å². The summed E-state index contributed by atoms with van der Waals surface area (Å²) in [4.78, 5) is 23.1. The van der Waals surface area contributed by atoms with Crippen molar-refractivity contribution in [3.8, 4) is 0 Å². The van der Waals surface area contributed by atoms with Crippen LogP contribution in [0.25, 0.3) is 0 Å². The Hall–Kier alpha value is -1.15. The SMILES string of the molecule is CC(C)(C)NC(=O)CCNC(=O)C(N)CCS(C)(=O)=O. The van der Waals surface area contributed by atoms with Crippen molar-refractivity contribution >= 4 is 21.7 Å². The van der Waals surface area contributed by atoms with Gasteiger partial charge in [-0.3, -0.25) is 9.59 Å². The molecule has 118 valence electrons. The third-order valence-corrected chi connectivity index (χ3v) is 3.28. The molecule has 0 aromatic carbocycles. The van der Waals surface area contributed by atoms with Crippen LogP contribution >= 0.6 is 0 Å². The third kappa shape index (κ3) is 10.7. The molecule has 0 rings (SSSR count). The van der Waals surface area contributed by atoms with Gasteiger partial charge in [0.15, 0.2) is 0 Å². The summed E-state index contributed by atoms with van der Waals surface area (Å²) in [5.41, 5.74) is 5.25. The summed E-state index contributed by atoms with van der Waals surface area (Å²) in [7, 11) is -3.13. The lowest BCUT2D eigenvalue weighted by molar-refractivity contribution is -0.123. The summed E-state index contributed by atoms with van der Waals surface area (Å²) in [6.45, 7) is 5.77. The smallest absolute Gasteiger partial charge is 0.236 e. The molecule has 0 aliphatic rings. The van der Waals surface area contributed by atoms with Crippen molar-refractivity contribution in [3.63, 3.8) is 0 Å². The van der Waals surface area contributed by atoms with Gasteiger partial charge in [-0.25, -0.2) is 8.42 Å². The summed E-state index contributed by atoms with van der Waals surface area (Å²) in [5.74, 6) is -0.744. The molecule has 7 nitrogen and oxygen atoms in total. The molecular formula is C12H25N3O4S. The minimum Gasteiger partial charge on any atom is -0.354 e. The Morgan fingerprint density at radius 2 is 1.80 bits per heavy atom. The zero-order valence-corrected chi connectivity index (χ0v) is 13.3. The van der Waals surface area contributed by atoms with Crippen LogP contribution in [0, 0.1) is 0 Å². The predicted octanol–water partition coefficient (Wildman–Crippen LogP) is -0.831. The van der Waals surface area contributed by atoms with E-state index in [0.717, 1.165) is 6.26 Å². The molecule has 0 aliphatic carbocycles. The molecule has 0 aromatic rings. The molecule has 0 heterocycles. The van der Waals surface area contributed by atoms with Gasteiger partial charge in [-0.1, -0.05) is 0 Å². The molecule has 0 bridgehead atoms. The van der Waals surface area contributed by atoms with Crippen LogP contribution in [-0.2, 0) is 19.4 Å². The van der Waals surface area contributed by atoms with Crippen LogP contribution in [0.2, 0.25) is 0 Å². The lowest BCUT2D eigenvalue weighted by Gasteiger charge is -2.20. The number of carbonyl (C=O) groups is 2. The maximum absolute atomic E-state index is 11.6. The maximum atomic E-state index is 11.6. The molecular weight excluding hydrogens is 282 g/mol. The minimum absolute atomic E-state index is 0.0683. The van der Waals surface area contributed by atoms with E-state index in [9.17, 15) is 18.0 Å². The van der Waals surface area contributed by atoms with E-state index >= 15 is 0 Å². The monoisotopic (exact) mass is 307 g/mol. The molecule has 20 heavy (non-hydrogen) atoms. The highest BCUT2D eigenvalue weighted by molar-refractivity contribution is 7.90. The summed E-state index contributed by atoms with van der Waals surface area (Å²) >= 11 is 0. The van der Waals surface area contributed by atoms with Crippen molar-refractivity contribution in [2.45, 2.75) is 45.2 Å². The van der Waals surface area contributed by atoms with Crippen molar-refractivity contribution in [1.82, 2.24) is 10.6 Å². The average Bonchev–Trinajstić information content (AvgIpc) is 2.22. The topological polar surface area (TPSA) is 118 Å². The largest absolute Gasteiger partial charge is 0.354 e. The molecule has 2 amide bonds. The third-order valence-electron chi connectivity index (χ3n) is 2.30. The molecule has 0 spiro atoms. The summed E-state index contributed by atoms with van der Waals surface area (Å²) < 4.78 is 21.9. The molecule has 0 aliphatic heterocycles. The van der Waals surface area contributed by atoms with E-state index in [4.69, 9.17) is 5.73 Å². The van der Waals surface area contributed by atoms with Crippen molar-refractivity contribution in [1.29, 1.82) is 0 Å². The fraction of sp³-hybridized carbons (Fsp3) is 0.833. The standard InChI is InChI=1S/C12H25N3O4S/c1-12(2,3)15-10(16)5-7-14-11(17)9(13)6-8-20(4,18)19/h9H,5-8,13H2,1-4H3,(H,14,17)(H,15,16). The first-order chi connectivity index (χ1) is 8.91. The number of amides is 2. The Morgan fingerprint density at radius 1 is 1.25 bits per heavy atom. The quantitative estimate of drug-likeness (QED) is 0.567. The highest BCUT2D eigenvalue weighted by atomic mass is 32.2. The van der Waals surface area contributed by atoms with E-state index in [0.29, 0.717) is 0 Å². The lowest BCUT2D eigenvalue weighted by Crippen LogP contribution is -2.44. The van der Waals surface area contributed by atoms with Crippen molar-refractivity contribution in [3.05, 3.63) is 0 Å². The molecule has 0 radical (unpaired) electrons. The second kappa shape index (κ2) is 7.58. The fourth-order valence-corrected chi connectivity index (χ4v) is 2.07. The Bertz CT molecular complexity index is 440. The van der Waals surface area contributed by atoms with Gasteiger partial charge >= 0.3 is 0 Å². The molecule has 0 aromatic heterocycles. The van der Waals surface area contributed by atoms with Gasteiger partial charge in [0.2, 0.25) is 11.8 Å². The van der Waals surface area contributed by atoms with E-state index in [-0.39, 0.29) is 36.6 Å². The van der Waals surface area contributed by atoms with E-state index in [2.05, 4.69) is 10.6 Å². The zero-order chi connectivity index (χ0) is 16.0. The Kier molecular flexibility index (Phi) is 7.15. The number of hydrogen-bond donors (Lipinski definition) is 3. The first kappa shape index (κ1) is 18.9. The van der Waals surface area contributed by atoms with Gasteiger partial charge in [0.1, 0.15) is 9.84 Å². The van der Waals surface area contributed by atoms with Gasteiger partial charge in [-0.2, -0.15) is 0 Å². The highest BCUT2D eigenvalue weighted by Crippen LogP contribution is 1.99. The molecule has 1 unspecified atom stereocenters. The van der Waals surface area contributed by atoms with Crippen LogP contribution in [0.1, 0.15) is 33.6 Å². The first-order valence-corrected chi connectivity index (χ1v) is 8.49. The van der Waals surface area contributed by atoms with Gasteiger partial charge in [-0.05, 0) is 27.2 Å². The van der Waals surface area contributed by atoms with Crippen molar-refractivity contribution < 1.29 is 18.0 Å². The van der Waals surface area contributed by atoms with Crippen LogP contribution in [0.5, 0.6) is 0 Å². The van der Waals surface area contributed by atoms with Gasteiger partial charge in [0, 0.05) is 24.8 Å². The average molecular weight is 307 g/mol. The fourth-order valence-electron chi connectivity index (χ4n) is 1.38. The van der Waals surface area contributed by atoms with Gasteiger partial charge in [0.25, 0.3) is 0 Å². The summed E-state index contributed by atoms with van der Waals surface area (Å²) in [5, 5.41) is 5.28. The number of sulfone groups is 1. The molecule has 0 saturated carbocycles. The Morgan fingerprint density at radius 3 is 2.25 bits per heavy atom. The molecule has 0 saturated heterocycles. The minimum atomic E-state index is -3.13. The number of nitrogens with one attached hydrogen (secondary N) is 2. The first-order valence-electron chi connectivity index (χ1n) is 6.43. The van der Waals surface area contributed by atoms with Gasteiger partial charge in [-0.15, -0.1) is 0 Å². The van der Waals surface area contributed by atoms with E-state index in [1.807, 2.05) is 20.8 Å². The van der Waals surface area contributed by atoms with Crippen LogP contribution in [0.4, 0.5) is 0 Å².